The van der Waals surface area contributed by atoms with Crippen molar-refractivity contribution in [1.82, 2.24) is 5.32 Å². The Kier molecular flexibility index (Phi) is 4.09. The summed E-state index contributed by atoms with van der Waals surface area (Å²) >= 11 is 4.11. The van der Waals surface area contributed by atoms with Gasteiger partial charge in [0.25, 0.3) is 0 Å². The Morgan fingerprint density at radius 3 is 2.42 bits per heavy atom. The fourth-order valence-corrected chi connectivity index (χ4v) is 0.917. The van der Waals surface area contributed by atoms with E-state index in [1.165, 1.54) is 6.92 Å². The number of carboxylic acids is 1. The average molecular weight is 191 g/mol. The number of aliphatic carboxylic acids is 1. The highest BCUT2D eigenvalue weighted by atomic mass is 32.1. The van der Waals surface area contributed by atoms with Crippen molar-refractivity contribution in [3.63, 3.8) is 0 Å². The maximum absolute atomic E-state index is 10.5. The van der Waals surface area contributed by atoms with E-state index in [9.17, 15) is 9.59 Å². The molecule has 1 atom stereocenters. The number of rotatable bonds is 4. The Hall–Kier alpha value is -0.710. The molecule has 70 valence electrons. The summed E-state index contributed by atoms with van der Waals surface area (Å²) < 4.78 is -0.683. The molecule has 0 fully saturated rings. The molecule has 0 radical (unpaired) electrons. The van der Waals surface area contributed by atoms with E-state index in [4.69, 9.17) is 5.11 Å². The minimum atomic E-state index is -0.919. The lowest BCUT2D eigenvalue weighted by Gasteiger charge is -2.20. The molecular formula is C7H13NO3S. The Balaban J connectivity index is 3.86. The van der Waals surface area contributed by atoms with E-state index in [1.54, 1.807) is 6.92 Å². The van der Waals surface area contributed by atoms with Crippen LogP contribution >= 0.6 is 12.6 Å². The van der Waals surface area contributed by atoms with Gasteiger partial charge in [0.15, 0.2) is 0 Å². The van der Waals surface area contributed by atoms with E-state index in [-0.39, 0.29) is 18.9 Å². The molecule has 0 heterocycles. The van der Waals surface area contributed by atoms with Crippen LogP contribution in [0.4, 0.5) is 0 Å². The number of hydrogen-bond acceptors (Lipinski definition) is 3. The maximum atomic E-state index is 10.5. The van der Waals surface area contributed by atoms with Crippen molar-refractivity contribution in [3.8, 4) is 0 Å². The van der Waals surface area contributed by atoms with Crippen LogP contribution in [0.2, 0.25) is 0 Å². The van der Waals surface area contributed by atoms with Crippen LogP contribution in [-0.4, -0.2) is 28.3 Å². The molecule has 1 unspecified atom stereocenters. The second-order valence-electron chi connectivity index (χ2n) is 2.98. The smallest absolute Gasteiger partial charge is 0.304 e. The largest absolute Gasteiger partial charge is 0.481 e. The molecule has 0 spiro atoms. The normalized spacial score (nSPS) is 14.9. The van der Waals surface area contributed by atoms with Crippen LogP contribution in [-0.2, 0) is 9.59 Å². The highest BCUT2D eigenvalue weighted by Crippen LogP contribution is 2.16. The van der Waals surface area contributed by atoms with Crippen molar-refractivity contribution in [2.45, 2.75) is 25.0 Å². The Bertz CT molecular complexity index is 191. The molecule has 4 nitrogen and oxygen atoms in total. The highest BCUT2D eigenvalue weighted by Gasteiger charge is 2.22. The molecule has 0 aromatic carbocycles. The SMILES string of the molecule is CC(=O)NCC(C)(S)CC(=O)O. The molecule has 0 aliphatic heterocycles. The molecule has 1 amide bonds. The lowest BCUT2D eigenvalue weighted by Crippen LogP contribution is -2.37. The van der Waals surface area contributed by atoms with Gasteiger partial charge < -0.3 is 10.4 Å². The van der Waals surface area contributed by atoms with Crippen LogP contribution in [0.5, 0.6) is 0 Å². The number of carboxylic acid groups (broad SMARTS) is 1. The summed E-state index contributed by atoms with van der Waals surface area (Å²) in [5.41, 5.74) is 0. The van der Waals surface area contributed by atoms with Crippen molar-refractivity contribution >= 4 is 24.5 Å². The Morgan fingerprint density at radius 2 is 2.08 bits per heavy atom. The third-order valence-corrected chi connectivity index (χ3v) is 1.57. The first kappa shape index (κ1) is 11.3. The van der Waals surface area contributed by atoms with Gasteiger partial charge in [-0.3, -0.25) is 9.59 Å². The van der Waals surface area contributed by atoms with E-state index in [0.29, 0.717) is 0 Å². The minimum Gasteiger partial charge on any atom is -0.481 e. The zero-order valence-corrected chi connectivity index (χ0v) is 8.02. The average Bonchev–Trinajstić information content (AvgIpc) is 1.81. The number of carbonyl (C=O) groups is 2. The quantitative estimate of drug-likeness (QED) is 0.559. The van der Waals surface area contributed by atoms with Crippen molar-refractivity contribution in [3.05, 3.63) is 0 Å². The predicted molar refractivity (Wildman–Crippen MR) is 48.3 cm³/mol. The maximum Gasteiger partial charge on any atom is 0.304 e. The lowest BCUT2D eigenvalue weighted by atomic mass is 10.1. The summed E-state index contributed by atoms with van der Waals surface area (Å²) in [7, 11) is 0. The van der Waals surface area contributed by atoms with Gasteiger partial charge in [0.05, 0.1) is 6.42 Å². The van der Waals surface area contributed by atoms with Crippen molar-refractivity contribution in [2.75, 3.05) is 6.54 Å². The van der Waals surface area contributed by atoms with Gasteiger partial charge in [0.2, 0.25) is 5.91 Å². The van der Waals surface area contributed by atoms with Crippen molar-refractivity contribution in [2.24, 2.45) is 0 Å². The molecule has 0 aromatic rings. The highest BCUT2D eigenvalue weighted by molar-refractivity contribution is 7.81. The van der Waals surface area contributed by atoms with Crippen LogP contribution in [0.1, 0.15) is 20.3 Å². The van der Waals surface area contributed by atoms with Gasteiger partial charge >= 0.3 is 5.97 Å². The second kappa shape index (κ2) is 4.35. The summed E-state index contributed by atoms with van der Waals surface area (Å²) in [6, 6.07) is 0. The monoisotopic (exact) mass is 191 g/mol. The van der Waals surface area contributed by atoms with Gasteiger partial charge in [-0.2, -0.15) is 12.6 Å². The van der Waals surface area contributed by atoms with Gasteiger partial charge in [-0.05, 0) is 6.92 Å². The topological polar surface area (TPSA) is 66.4 Å². The first-order valence-corrected chi connectivity index (χ1v) is 3.97. The van der Waals surface area contributed by atoms with E-state index in [2.05, 4.69) is 17.9 Å². The summed E-state index contributed by atoms with van der Waals surface area (Å²) in [5, 5.41) is 11.0. The molecule has 0 saturated carbocycles. The second-order valence-corrected chi connectivity index (χ2v) is 4.06. The molecule has 5 heteroatoms. The fourth-order valence-electron chi connectivity index (χ4n) is 0.703. The van der Waals surface area contributed by atoms with E-state index in [1.807, 2.05) is 0 Å². The predicted octanol–water partition coefficient (Wildman–Crippen LogP) is 0.286. The summed E-state index contributed by atoms with van der Waals surface area (Å²) in [4.78, 5) is 20.8. The number of hydrogen-bond donors (Lipinski definition) is 3. The van der Waals surface area contributed by atoms with Crippen LogP contribution in [0.3, 0.4) is 0 Å². The molecular weight excluding hydrogens is 178 g/mol. The minimum absolute atomic E-state index is 0.0730. The van der Waals surface area contributed by atoms with Gasteiger partial charge in [0, 0.05) is 18.2 Å². The van der Waals surface area contributed by atoms with Gasteiger partial charge in [-0.15, -0.1) is 0 Å². The summed E-state index contributed by atoms with van der Waals surface area (Å²) in [5.74, 6) is -1.10. The molecule has 0 bridgehead atoms. The van der Waals surface area contributed by atoms with Crippen LogP contribution in [0, 0.1) is 0 Å². The third-order valence-electron chi connectivity index (χ3n) is 1.25. The molecule has 0 aliphatic rings. The Labute approximate surface area is 76.8 Å². The van der Waals surface area contributed by atoms with Crippen LogP contribution in [0.25, 0.3) is 0 Å². The van der Waals surface area contributed by atoms with E-state index in [0.717, 1.165) is 0 Å². The molecule has 0 aromatic heterocycles. The molecule has 12 heavy (non-hydrogen) atoms. The number of carbonyl (C=O) groups excluding carboxylic acids is 1. The number of amides is 1. The first-order chi connectivity index (χ1) is 5.33. The van der Waals surface area contributed by atoms with Crippen molar-refractivity contribution < 1.29 is 14.7 Å². The molecule has 0 saturated heterocycles. The van der Waals surface area contributed by atoms with E-state index >= 15 is 0 Å². The molecule has 0 rings (SSSR count). The molecule has 0 aliphatic carbocycles. The van der Waals surface area contributed by atoms with Crippen LogP contribution < -0.4 is 5.32 Å². The zero-order chi connectivity index (χ0) is 9.78. The zero-order valence-electron chi connectivity index (χ0n) is 7.13. The summed E-state index contributed by atoms with van der Waals surface area (Å²) in [6.07, 6.45) is -0.0730. The van der Waals surface area contributed by atoms with Gasteiger partial charge in [0.1, 0.15) is 0 Å². The standard InChI is InChI=1S/C7H13NO3S/c1-5(9)8-4-7(2,12)3-6(10)11/h12H,3-4H2,1-2H3,(H,8,9)(H,10,11). The summed E-state index contributed by atoms with van der Waals surface area (Å²) in [6.45, 7) is 3.31. The Morgan fingerprint density at radius 1 is 1.58 bits per heavy atom. The fraction of sp³-hybridized carbons (Fsp3) is 0.714. The number of nitrogens with one attached hydrogen (secondary N) is 1. The van der Waals surface area contributed by atoms with Crippen molar-refractivity contribution in [1.29, 1.82) is 0 Å². The van der Waals surface area contributed by atoms with Gasteiger partial charge in [-0.1, -0.05) is 0 Å². The first-order valence-electron chi connectivity index (χ1n) is 3.52. The lowest BCUT2D eigenvalue weighted by molar-refractivity contribution is -0.137. The van der Waals surface area contributed by atoms with E-state index < -0.39 is 10.7 Å². The number of thiol groups is 1. The van der Waals surface area contributed by atoms with Gasteiger partial charge in [-0.25, -0.2) is 0 Å². The third kappa shape index (κ3) is 6.03. The van der Waals surface area contributed by atoms with Crippen LogP contribution in [0.15, 0.2) is 0 Å². The molecule has 2 N–H and O–H groups in total.